The van der Waals surface area contributed by atoms with Crippen molar-refractivity contribution in [3.8, 4) is 5.75 Å². The van der Waals surface area contributed by atoms with E-state index in [9.17, 15) is 4.79 Å². The summed E-state index contributed by atoms with van der Waals surface area (Å²) in [5.74, 6) is 0.714. The molecule has 1 rings (SSSR count). The van der Waals surface area contributed by atoms with Crippen LogP contribution in [-0.4, -0.2) is 12.5 Å². The summed E-state index contributed by atoms with van der Waals surface area (Å²) >= 11 is 0. The summed E-state index contributed by atoms with van der Waals surface area (Å²) in [5.41, 5.74) is 8.92. The molecule has 3 heteroatoms. The molecule has 1 aromatic carbocycles. The van der Waals surface area contributed by atoms with Gasteiger partial charge < -0.3 is 10.5 Å². The van der Waals surface area contributed by atoms with E-state index in [2.05, 4.69) is 32.9 Å². The van der Waals surface area contributed by atoms with Crippen molar-refractivity contribution in [3.05, 3.63) is 28.8 Å². The van der Waals surface area contributed by atoms with Gasteiger partial charge in [-0.2, -0.15) is 0 Å². The van der Waals surface area contributed by atoms with Crippen LogP contribution in [0.1, 0.15) is 42.4 Å². The van der Waals surface area contributed by atoms with Crippen molar-refractivity contribution < 1.29 is 9.53 Å². The highest BCUT2D eigenvalue weighted by atomic mass is 16.5. The van der Waals surface area contributed by atoms with Crippen LogP contribution in [0.5, 0.6) is 5.75 Å². The number of amides is 1. The molecular formula is C15H23NO2. The average molecular weight is 249 g/mol. The number of nitrogens with two attached hydrogens (primary N) is 1. The van der Waals surface area contributed by atoms with E-state index in [-0.39, 0.29) is 5.91 Å². The molecule has 1 aromatic rings. The highest BCUT2D eigenvalue weighted by molar-refractivity contribution is 5.73. The molecule has 0 saturated carbocycles. The molecule has 0 radical (unpaired) electrons. The van der Waals surface area contributed by atoms with Gasteiger partial charge in [0, 0.05) is 6.42 Å². The van der Waals surface area contributed by atoms with Crippen LogP contribution < -0.4 is 10.5 Å². The van der Waals surface area contributed by atoms with E-state index in [0.717, 1.165) is 25.0 Å². The Hall–Kier alpha value is -1.51. The van der Waals surface area contributed by atoms with E-state index in [4.69, 9.17) is 10.5 Å². The van der Waals surface area contributed by atoms with E-state index in [0.29, 0.717) is 13.0 Å². The fourth-order valence-electron chi connectivity index (χ4n) is 1.85. The summed E-state index contributed by atoms with van der Waals surface area (Å²) in [6.45, 7) is 7.02. The SMILES string of the molecule is Cc1cc(OCCCCCC(N)=O)cc(C)c1C. The maximum atomic E-state index is 10.6. The zero-order valence-corrected chi connectivity index (χ0v) is 11.6. The lowest BCUT2D eigenvalue weighted by molar-refractivity contribution is -0.118. The minimum Gasteiger partial charge on any atom is -0.494 e. The van der Waals surface area contributed by atoms with Crippen LogP contribution in [0.2, 0.25) is 0 Å². The van der Waals surface area contributed by atoms with Gasteiger partial charge in [-0.1, -0.05) is 0 Å². The molecule has 0 fully saturated rings. The number of hydrogen-bond donors (Lipinski definition) is 1. The molecule has 0 saturated heterocycles. The van der Waals surface area contributed by atoms with E-state index in [1.54, 1.807) is 0 Å². The third-order valence-electron chi connectivity index (χ3n) is 3.24. The summed E-state index contributed by atoms with van der Waals surface area (Å²) < 4.78 is 5.71. The molecule has 0 atom stereocenters. The molecule has 0 spiro atoms. The Morgan fingerprint density at radius 1 is 1.11 bits per heavy atom. The van der Waals surface area contributed by atoms with Gasteiger partial charge in [0.25, 0.3) is 0 Å². The molecular weight excluding hydrogens is 226 g/mol. The van der Waals surface area contributed by atoms with Gasteiger partial charge in [0.15, 0.2) is 0 Å². The molecule has 0 heterocycles. The largest absolute Gasteiger partial charge is 0.494 e. The zero-order valence-electron chi connectivity index (χ0n) is 11.6. The monoisotopic (exact) mass is 249 g/mol. The van der Waals surface area contributed by atoms with E-state index < -0.39 is 0 Å². The molecule has 0 aliphatic rings. The number of benzene rings is 1. The quantitative estimate of drug-likeness (QED) is 0.755. The number of unbranched alkanes of at least 4 members (excludes halogenated alkanes) is 2. The topological polar surface area (TPSA) is 52.3 Å². The van der Waals surface area contributed by atoms with Crippen molar-refractivity contribution in [1.29, 1.82) is 0 Å². The second-order valence-electron chi connectivity index (χ2n) is 4.81. The Bertz CT molecular complexity index is 390. The van der Waals surface area contributed by atoms with Gasteiger partial charge in [-0.3, -0.25) is 4.79 Å². The first-order chi connectivity index (χ1) is 8.50. The standard InChI is InChI=1S/C15H23NO2/c1-11-9-14(10-12(2)13(11)3)18-8-6-4-5-7-15(16)17/h9-10H,4-8H2,1-3H3,(H2,16,17). The summed E-state index contributed by atoms with van der Waals surface area (Å²) in [7, 11) is 0. The first kappa shape index (κ1) is 14.6. The van der Waals surface area contributed by atoms with Gasteiger partial charge in [0.1, 0.15) is 5.75 Å². The smallest absolute Gasteiger partial charge is 0.217 e. The normalized spacial score (nSPS) is 10.4. The number of carbonyl (C=O) groups excluding carboxylic acids is 1. The van der Waals surface area contributed by atoms with Crippen molar-refractivity contribution in [3.63, 3.8) is 0 Å². The van der Waals surface area contributed by atoms with Crippen LogP contribution in [0.15, 0.2) is 12.1 Å². The lowest BCUT2D eigenvalue weighted by atomic mass is 10.0. The van der Waals surface area contributed by atoms with E-state index in [1.165, 1.54) is 16.7 Å². The molecule has 100 valence electrons. The molecule has 0 aromatic heterocycles. The fraction of sp³-hybridized carbons (Fsp3) is 0.533. The highest BCUT2D eigenvalue weighted by Crippen LogP contribution is 2.21. The van der Waals surface area contributed by atoms with Gasteiger partial charge in [-0.15, -0.1) is 0 Å². The third-order valence-corrected chi connectivity index (χ3v) is 3.24. The number of carbonyl (C=O) groups is 1. The minimum absolute atomic E-state index is 0.222. The number of ether oxygens (including phenoxy) is 1. The first-order valence-corrected chi connectivity index (χ1v) is 6.49. The summed E-state index contributed by atoms with van der Waals surface area (Å²) in [4.78, 5) is 10.6. The zero-order chi connectivity index (χ0) is 13.5. The fourth-order valence-corrected chi connectivity index (χ4v) is 1.85. The predicted molar refractivity (Wildman–Crippen MR) is 73.8 cm³/mol. The Morgan fingerprint density at radius 2 is 1.72 bits per heavy atom. The lowest BCUT2D eigenvalue weighted by Gasteiger charge is -2.10. The van der Waals surface area contributed by atoms with Crippen LogP contribution in [-0.2, 0) is 4.79 Å². The second-order valence-corrected chi connectivity index (χ2v) is 4.81. The van der Waals surface area contributed by atoms with Crippen molar-refractivity contribution in [1.82, 2.24) is 0 Å². The third kappa shape index (κ3) is 4.78. The van der Waals surface area contributed by atoms with Crippen molar-refractivity contribution in [2.75, 3.05) is 6.61 Å². The van der Waals surface area contributed by atoms with Crippen LogP contribution in [0.25, 0.3) is 0 Å². The van der Waals surface area contributed by atoms with Gasteiger partial charge in [0.2, 0.25) is 5.91 Å². The van der Waals surface area contributed by atoms with Crippen LogP contribution in [0, 0.1) is 20.8 Å². The summed E-state index contributed by atoms with van der Waals surface area (Å²) in [6, 6.07) is 4.15. The molecule has 0 unspecified atom stereocenters. The molecule has 18 heavy (non-hydrogen) atoms. The van der Waals surface area contributed by atoms with Gasteiger partial charge in [0.05, 0.1) is 6.61 Å². The van der Waals surface area contributed by atoms with Crippen LogP contribution >= 0.6 is 0 Å². The summed E-state index contributed by atoms with van der Waals surface area (Å²) in [5, 5.41) is 0. The number of rotatable bonds is 7. The van der Waals surface area contributed by atoms with Gasteiger partial charge in [-0.25, -0.2) is 0 Å². The van der Waals surface area contributed by atoms with Gasteiger partial charge >= 0.3 is 0 Å². The lowest BCUT2D eigenvalue weighted by Crippen LogP contribution is -2.09. The Balaban J connectivity index is 2.29. The number of hydrogen-bond acceptors (Lipinski definition) is 2. The van der Waals surface area contributed by atoms with Gasteiger partial charge in [-0.05, 0) is 68.9 Å². The Kier molecular flexibility index (Phi) is 5.69. The average Bonchev–Trinajstić information content (AvgIpc) is 2.30. The Morgan fingerprint density at radius 3 is 2.28 bits per heavy atom. The van der Waals surface area contributed by atoms with Crippen LogP contribution in [0.4, 0.5) is 0 Å². The molecule has 0 aliphatic carbocycles. The maximum Gasteiger partial charge on any atom is 0.217 e. The first-order valence-electron chi connectivity index (χ1n) is 6.49. The van der Waals surface area contributed by atoms with E-state index >= 15 is 0 Å². The summed E-state index contributed by atoms with van der Waals surface area (Å²) in [6.07, 6.45) is 3.26. The Labute approximate surface area is 109 Å². The molecule has 1 amide bonds. The number of aryl methyl sites for hydroxylation is 2. The molecule has 0 aliphatic heterocycles. The van der Waals surface area contributed by atoms with Crippen molar-refractivity contribution >= 4 is 5.91 Å². The molecule has 0 bridgehead atoms. The molecule has 3 nitrogen and oxygen atoms in total. The van der Waals surface area contributed by atoms with Crippen LogP contribution in [0.3, 0.4) is 0 Å². The predicted octanol–water partition coefficient (Wildman–Crippen LogP) is 3.04. The number of primary amides is 1. The van der Waals surface area contributed by atoms with E-state index in [1.807, 2.05) is 0 Å². The highest BCUT2D eigenvalue weighted by Gasteiger charge is 2.02. The maximum absolute atomic E-state index is 10.6. The second kappa shape index (κ2) is 7.04. The van der Waals surface area contributed by atoms with Crippen molar-refractivity contribution in [2.45, 2.75) is 46.5 Å². The van der Waals surface area contributed by atoms with Crippen molar-refractivity contribution in [2.24, 2.45) is 5.73 Å². The minimum atomic E-state index is -0.222. The molecule has 2 N–H and O–H groups in total.